The van der Waals surface area contributed by atoms with Crippen LogP contribution in [0.25, 0.3) is 21.9 Å². The maximum Gasteiger partial charge on any atom is 0.120 e. The molecule has 4 aromatic carbocycles. The molecule has 1 saturated heterocycles. The van der Waals surface area contributed by atoms with Crippen LogP contribution in [0, 0.1) is 0 Å². The van der Waals surface area contributed by atoms with Crippen molar-refractivity contribution in [3.8, 4) is 28.4 Å². The van der Waals surface area contributed by atoms with E-state index in [0.29, 0.717) is 0 Å². The molecule has 5 nitrogen and oxygen atoms in total. The van der Waals surface area contributed by atoms with Crippen molar-refractivity contribution in [3.63, 3.8) is 0 Å². The van der Waals surface area contributed by atoms with E-state index in [2.05, 4.69) is 83.6 Å². The van der Waals surface area contributed by atoms with E-state index in [1.165, 1.54) is 54.4 Å². The number of rotatable bonds is 10. The number of anilines is 1. The van der Waals surface area contributed by atoms with E-state index in [1.807, 2.05) is 12.1 Å². The molecule has 0 atom stereocenters. The zero-order valence-corrected chi connectivity index (χ0v) is 22.8. The van der Waals surface area contributed by atoms with E-state index in [1.54, 1.807) is 14.2 Å². The maximum atomic E-state index is 6.03. The quantitative estimate of drug-likeness (QED) is 0.229. The van der Waals surface area contributed by atoms with Crippen LogP contribution >= 0.6 is 0 Å². The highest BCUT2D eigenvalue weighted by atomic mass is 16.5. The number of ether oxygens (including phenoxy) is 3. The first-order chi connectivity index (χ1) is 18.6. The fourth-order valence-corrected chi connectivity index (χ4v) is 5.24. The first kappa shape index (κ1) is 25.9. The Morgan fingerprint density at radius 2 is 1.37 bits per heavy atom. The molecule has 5 rings (SSSR count). The predicted molar refractivity (Wildman–Crippen MR) is 157 cm³/mol. The highest BCUT2D eigenvalue weighted by Gasteiger charge is 2.13. The van der Waals surface area contributed by atoms with E-state index >= 15 is 0 Å². The lowest BCUT2D eigenvalue weighted by Gasteiger charge is -2.26. The molecule has 0 unspecified atom stereocenters. The maximum absolute atomic E-state index is 6.03. The van der Waals surface area contributed by atoms with Gasteiger partial charge in [0.05, 0.1) is 14.2 Å². The molecular formula is C33H38N2O3. The molecule has 4 aromatic rings. The zero-order chi connectivity index (χ0) is 26.3. The van der Waals surface area contributed by atoms with Gasteiger partial charge in [-0.15, -0.1) is 0 Å². The highest BCUT2D eigenvalue weighted by Crippen LogP contribution is 2.36. The van der Waals surface area contributed by atoms with Gasteiger partial charge in [0, 0.05) is 37.5 Å². The first-order valence-electron chi connectivity index (χ1n) is 13.5. The Morgan fingerprint density at radius 1 is 0.711 bits per heavy atom. The molecule has 1 heterocycles. The van der Waals surface area contributed by atoms with Crippen LogP contribution in [-0.2, 0) is 6.54 Å². The standard InChI is InChI=1S/C33H38N2O3/c1-34(24-25-7-12-29(13-8-25)38-20-19-35-17-5-4-6-18-35)33-23-31(37-3)15-16-32(33)28-10-9-27-22-30(36-2)14-11-26(27)21-28/h7-16,21-23H,4-6,17-20,24H2,1-3H3. The van der Waals surface area contributed by atoms with Gasteiger partial charge in [0.2, 0.25) is 0 Å². The molecule has 5 heteroatoms. The monoisotopic (exact) mass is 510 g/mol. The van der Waals surface area contributed by atoms with Crippen molar-refractivity contribution in [2.24, 2.45) is 0 Å². The van der Waals surface area contributed by atoms with Crippen LogP contribution in [0.15, 0.2) is 78.9 Å². The first-order valence-corrected chi connectivity index (χ1v) is 13.5. The second kappa shape index (κ2) is 12.2. The molecule has 0 bridgehead atoms. The summed E-state index contributed by atoms with van der Waals surface area (Å²) in [5.41, 5.74) is 4.70. The van der Waals surface area contributed by atoms with Crippen LogP contribution in [0.5, 0.6) is 17.2 Å². The average Bonchev–Trinajstić information content (AvgIpc) is 2.97. The number of hydrogen-bond donors (Lipinski definition) is 0. The van der Waals surface area contributed by atoms with Crippen LogP contribution in [0.1, 0.15) is 24.8 Å². The van der Waals surface area contributed by atoms with Crippen molar-refractivity contribution < 1.29 is 14.2 Å². The normalized spacial score (nSPS) is 13.9. The summed E-state index contributed by atoms with van der Waals surface area (Å²) in [7, 11) is 5.55. The molecule has 1 aliphatic rings. The minimum atomic E-state index is 0.741. The Balaban J connectivity index is 1.30. The van der Waals surface area contributed by atoms with Crippen molar-refractivity contribution in [2.75, 3.05) is 52.4 Å². The van der Waals surface area contributed by atoms with Gasteiger partial charge in [-0.05, 0) is 90.3 Å². The van der Waals surface area contributed by atoms with Gasteiger partial charge in [0.25, 0.3) is 0 Å². The van der Waals surface area contributed by atoms with Gasteiger partial charge in [-0.25, -0.2) is 0 Å². The third kappa shape index (κ3) is 6.22. The van der Waals surface area contributed by atoms with Gasteiger partial charge in [0.15, 0.2) is 0 Å². The Bertz CT molecular complexity index is 1350. The summed E-state index contributed by atoms with van der Waals surface area (Å²) in [6.45, 7) is 4.93. The van der Waals surface area contributed by atoms with Gasteiger partial charge in [-0.1, -0.05) is 36.8 Å². The van der Waals surface area contributed by atoms with Gasteiger partial charge < -0.3 is 19.1 Å². The Labute approximate surface area is 226 Å². The third-order valence-electron chi connectivity index (χ3n) is 7.44. The summed E-state index contributed by atoms with van der Waals surface area (Å²) in [5.74, 6) is 2.65. The molecule has 0 aromatic heterocycles. The molecule has 38 heavy (non-hydrogen) atoms. The topological polar surface area (TPSA) is 34.2 Å². The molecule has 0 aliphatic carbocycles. The van der Waals surface area contributed by atoms with E-state index in [-0.39, 0.29) is 0 Å². The number of hydrogen-bond acceptors (Lipinski definition) is 5. The van der Waals surface area contributed by atoms with Crippen molar-refractivity contribution in [2.45, 2.75) is 25.8 Å². The average molecular weight is 511 g/mol. The van der Waals surface area contributed by atoms with Gasteiger partial charge in [-0.3, -0.25) is 4.90 Å². The fourth-order valence-electron chi connectivity index (χ4n) is 5.24. The molecule has 0 saturated carbocycles. The lowest BCUT2D eigenvalue weighted by molar-refractivity contribution is 0.183. The van der Waals surface area contributed by atoms with Crippen molar-refractivity contribution >= 4 is 16.5 Å². The molecule has 0 amide bonds. The van der Waals surface area contributed by atoms with Crippen LogP contribution in [0.4, 0.5) is 5.69 Å². The van der Waals surface area contributed by atoms with E-state index < -0.39 is 0 Å². The summed E-state index contributed by atoms with van der Waals surface area (Å²) < 4.78 is 17.0. The van der Waals surface area contributed by atoms with E-state index in [0.717, 1.165) is 48.0 Å². The van der Waals surface area contributed by atoms with Crippen molar-refractivity contribution in [1.29, 1.82) is 0 Å². The van der Waals surface area contributed by atoms with Crippen molar-refractivity contribution in [1.82, 2.24) is 4.90 Å². The van der Waals surface area contributed by atoms with Crippen molar-refractivity contribution in [3.05, 3.63) is 84.4 Å². The number of benzene rings is 4. The summed E-state index contributed by atoms with van der Waals surface area (Å²) in [4.78, 5) is 4.78. The summed E-state index contributed by atoms with van der Waals surface area (Å²) in [6, 6.07) is 27.6. The Kier molecular flexibility index (Phi) is 8.34. The largest absolute Gasteiger partial charge is 0.497 e. The van der Waals surface area contributed by atoms with Gasteiger partial charge in [-0.2, -0.15) is 0 Å². The zero-order valence-electron chi connectivity index (χ0n) is 22.8. The predicted octanol–water partition coefficient (Wildman–Crippen LogP) is 7.03. The molecule has 0 N–H and O–H groups in total. The SMILES string of the molecule is COc1ccc(-c2ccc3cc(OC)ccc3c2)c(N(C)Cc2ccc(OCCN3CCCCC3)cc2)c1. The van der Waals surface area contributed by atoms with Crippen LogP contribution in [0.3, 0.4) is 0 Å². The van der Waals surface area contributed by atoms with Crippen LogP contribution in [0.2, 0.25) is 0 Å². The number of likely N-dealkylation sites (tertiary alicyclic amines) is 1. The van der Waals surface area contributed by atoms with E-state index in [9.17, 15) is 0 Å². The minimum Gasteiger partial charge on any atom is -0.497 e. The highest BCUT2D eigenvalue weighted by molar-refractivity contribution is 5.91. The number of nitrogens with zero attached hydrogens (tertiary/aromatic N) is 2. The van der Waals surface area contributed by atoms with Gasteiger partial charge >= 0.3 is 0 Å². The summed E-state index contributed by atoms with van der Waals surface area (Å²) in [6.07, 6.45) is 3.99. The molecule has 1 fully saturated rings. The number of piperidine rings is 1. The number of methoxy groups -OCH3 is 2. The molecule has 198 valence electrons. The lowest BCUT2D eigenvalue weighted by atomic mass is 9.99. The molecule has 1 aliphatic heterocycles. The summed E-state index contributed by atoms with van der Waals surface area (Å²) in [5, 5.41) is 2.35. The minimum absolute atomic E-state index is 0.741. The molecular weight excluding hydrogens is 472 g/mol. The summed E-state index contributed by atoms with van der Waals surface area (Å²) >= 11 is 0. The smallest absolute Gasteiger partial charge is 0.120 e. The van der Waals surface area contributed by atoms with E-state index in [4.69, 9.17) is 14.2 Å². The van der Waals surface area contributed by atoms with Gasteiger partial charge in [0.1, 0.15) is 23.9 Å². The second-order valence-corrected chi connectivity index (χ2v) is 10.1. The van der Waals surface area contributed by atoms with Crippen LogP contribution < -0.4 is 19.1 Å². The third-order valence-corrected chi connectivity index (χ3v) is 7.44. The number of fused-ring (bicyclic) bond motifs is 1. The fraction of sp³-hybridized carbons (Fsp3) is 0.333. The second-order valence-electron chi connectivity index (χ2n) is 10.1. The molecule has 0 spiro atoms. The Morgan fingerprint density at radius 3 is 2.13 bits per heavy atom. The molecule has 0 radical (unpaired) electrons. The van der Waals surface area contributed by atoms with Crippen LogP contribution in [-0.4, -0.2) is 52.4 Å². The Hall–Kier alpha value is -3.70. The lowest BCUT2D eigenvalue weighted by Crippen LogP contribution is -2.33.